The van der Waals surface area contributed by atoms with Crippen LogP contribution in [-0.2, 0) is 0 Å². The summed E-state index contributed by atoms with van der Waals surface area (Å²) in [5, 5.41) is 0. The number of methoxy groups -OCH3 is 1. The number of ether oxygens (including phenoxy) is 1. The third kappa shape index (κ3) is 3.59. The molecule has 2 rings (SSSR count). The Bertz CT molecular complexity index is 707. The maximum Gasteiger partial charge on any atom is 0.257 e. The molecule has 0 aliphatic carbocycles. The molecular weight excluding hydrogens is 290 g/mol. The summed E-state index contributed by atoms with van der Waals surface area (Å²) < 4.78 is 5.22. The van der Waals surface area contributed by atoms with Crippen LogP contribution in [0, 0.1) is 6.92 Å². The number of hydrogen-bond acceptors (Lipinski definition) is 3. The van der Waals surface area contributed by atoms with Gasteiger partial charge in [-0.25, -0.2) is 0 Å². The summed E-state index contributed by atoms with van der Waals surface area (Å²) in [7, 11) is 3.15. The zero-order valence-electron chi connectivity index (χ0n) is 13.9. The Morgan fingerprint density at radius 1 is 1.04 bits per heavy atom. The van der Waals surface area contributed by atoms with E-state index in [1.165, 1.54) is 12.0 Å². The molecule has 0 heterocycles. The first-order chi connectivity index (χ1) is 11.0. The van der Waals surface area contributed by atoms with Crippen molar-refractivity contribution >= 4 is 11.7 Å². The monoisotopic (exact) mass is 311 g/mol. The molecule has 23 heavy (non-hydrogen) atoms. The Hall–Kier alpha value is -2.62. The summed E-state index contributed by atoms with van der Waals surface area (Å²) in [4.78, 5) is 26.7. The second-order valence-corrected chi connectivity index (χ2v) is 5.52. The first-order valence-corrected chi connectivity index (χ1v) is 7.46. The molecule has 4 heteroatoms. The van der Waals surface area contributed by atoms with Crippen molar-refractivity contribution in [3.05, 3.63) is 65.2 Å². The van der Waals surface area contributed by atoms with Crippen LogP contribution in [0.25, 0.3) is 0 Å². The van der Waals surface area contributed by atoms with Gasteiger partial charge in [-0.1, -0.05) is 42.0 Å². The van der Waals surface area contributed by atoms with Gasteiger partial charge in [0, 0.05) is 12.6 Å². The lowest BCUT2D eigenvalue weighted by atomic mass is 10.0. The van der Waals surface area contributed by atoms with Crippen LogP contribution in [0.1, 0.15) is 33.2 Å². The number of rotatable bonds is 5. The molecule has 2 aromatic carbocycles. The molecule has 120 valence electrons. The average Bonchev–Trinajstić information content (AvgIpc) is 2.59. The van der Waals surface area contributed by atoms with Crippen molar-refractivity contribution in [3.63, 3.8) is 0 Å². The molecule has 0 radical (unpaired) electrons. The van der Waals surface area contributed by atoms with Gasteiger partial charge in [-0.2, -0.15) is 0 Å². The predicted molar refractivity (Wildman–Crippen MR) is 90.1 cm³/mol. The van der Waals surface area contributed by atoms with Crippen molar-refractivity contribution < 1.29 is 14.3 Å². The first-order valence-electron chi connectivity index (χ1n) is 7.46. The highest BCUT2D eigenvalue weighted by molar-refractivity contribution is 6.04. The Morgan fingerprint density at radius 3 is 2.26 bits per heavy atom. The molecule has 0 aromatic heterocycles. The fourth-order valence-corrected chi connectivity index (χ4v) is 2.32. The molecule has 2 aromatic rings. The summed E-state index contributed by atoms with van der Waals surface area (Å²) in [6, 6.07) is 13.8. The SMILES string of the molecule is COc1ccccc1C(=O)N(C)C(C)C(=O)c1ccc(C)cc1. The second kappa shape index (κ2) is 7.09. The van der Waals surface area contributed by atoms with Gasteiger partial charge in [0.1, 0.15) is 5.75 Å². The predicted octanol–water partition coefficient (Wildman–Crippen LogP) is 3.35. The average molecular weight is 311 g/mol. The van der Waals surface area contributed by atoms with E-state index in [4.69, 9.17) is 4.74 Å². The minimum Gasteiger partial charge on any atom is -0.496 e. The Morgan fingerprint density at radius 2 is 1.65 bits per heavy atom. The van der Waals surface area contributed by atoms with E-state index in [0.717, 1.165) is 5.56 Å². The fraction of sp³-hybridized carbons (Fsp3) is 0.263. The molecule has 0 saturated carbocycles. The summed E-state index contributed by atoms with van der Waals surface area (Å²) >= 11 is 0. The third-order valence-corrected chi connectivity index (χ3v) is 3.95. The van der Waals surface area contributed by atoms with E-state index in [1.54, 1.807) is 50.4 Å². The van der Waals surface area contributed by atoms with Crippen LogP contribution in [-0.4, -0.2) is 36.8 Å². The molecular formula is C19H21NO3. The van der Waals surface area contributed by atoms with Crippen molar-refractivity contribution in [2.75, 3.05) is 14.2 Å². The highest BCUT2D eigenvalue weighted by Crippen LogP contribution is 2.20. The van der Waals surface area contributed by atoms with E-state index in [0.29, 0.717) is 16.9 Å². The van der Waals surface area contributed by atoms with Crippen LogP contribution in [0.5, 0.6) is 5.75 Å². The van der Waals surface area contributed by atoms with Gasteiger partial charge in [-0.3, -0.25) is 9.59 Å². The highest BCUT2D eigenvalue weighted by atomic mass is 16.5. The van der Waals surface area contributed by atoms with Gasteiger partial charge in [0.05, 0.1) is 18.7 Å². The van der Waals surface area contributed by atoms with E-state index >= 15 is 0 Å². The second-order valence-electron chi connectivity index (χ2n) is 5.52. The van der Waals surface area contributed by atoms with Gasteiger partial charge in [0.25, 0.3) is 5.91 Å². The number of Topliss-reactive ketones (excluding diaryl/α,β-unsaturated/α-hetero) is 1. The highest BCUT2D eigenvalue weighted by Gasteiger charge is 2.25. The molecule has 0 spiro atoms. The molecule has 0 saturated heterocycles. The molecule has 0 aliphatic rings. The van der Waals surface area contributed by atoms with Crippen LogP contribution in [0.2, 0.25) is 0 Å². The lowest BCUT2D eigenvalue weighted by Gasteiger charge is -2.24. The lowest BCUT2D eigenvalue weighted by molar-refractivity contribution is 0.0672. The number of amides is 1. The largest absolute Gasteiger partial charge is 0.496 e. The number of nitrogens with zero attached hydrogens (tertiary/aromatic N) is 1. The van der Waals surface area contributed by atoms with Gasteiger partial charge in [-0.15, -0.1) is 0 Å². The number of aryl methyl sites for hydroxylation is 1. The molecule has 1 atom stereocenters. The van der Waals surface area contributed by atoms with Gasteiger partial charge in [0.15, 0.2) is 5.78 Å². The van der Waals surface area contributed by atoms with Crippen molar-refractivity contribution in [1.29, 1.82) is 0 Å². The zero-order valence-corrected chi connectivity index (χ0v) is 13.9. The molecule has 0 N–H and O–H groups in total. The van der Waals surface area contributed by atoms with E-state index < -0.39 is 6.04 Å². The smallest absolute Gasteiger partial charge is 0.257 e. The van der Waals surface area contributed by atoms with E-state index in [1.807, 2.05) is 19.1 Å². The topological polar surface area (TPSA) is 46.6 Å². The normalized spacial score (nSPS) is 11.7. The van der Waals surface area contributed by atoms with Gasteiger partial charge in [-0.05, 0) is 26.0 Å². The number of ketones is 1. The van der Waals surface area contributed by atoms with Crippen LogP contribution in [0.15, 0.2) is 48.5 Å². The standard InChI is InChI=1S/C19H21NO3/c1-13-9-11-15(12-10-13)18(21)14(2)20(3)19(22)16-7-5-6-8-17(16)23-4/h5-12,14H,1-4H3. The van der Waals surface area contributed by atoms with E-state index in [2.05, 4.69) is 0 Å². The van der Waals surface area contributed by atoms with E-state index in [9.17, 15) is 9.59 Å². The number of benzene rings is 2. The number of carbonyl (C=O) groups excluding carboxylic acids is 2. The van der Waals surface area contributed by atoms with Crippen LogP contribution < -0.4 is 4.74 Å². The van der Waals surface area contributed by atoms with Crippen LogP contribution >= 0.6 is 0 Å². The zero-order chi connectivity index (χ0) is 17.0. The minimum atomic E-state index is -0.560. The Kier molecular flexibility index (Phi) is 5.16. The quantitative estimate of drug-likeness (QED) is 0.796. The number of carbonyl (C=O) groups is 2. The summed E-state index contributed by atoms with van der Waals surface area (Å²) in [5.41, 5.74) is 2.14. The first kappa shape index (κ1) is 16.7. The van der Waals surface area contributed by atoms with Crippen LogP contribution in [0.3, 0.4) is 0 Å². The molecule has 1 amide bonds. The van der Waals surface area contributed by atoms with Gasteiger partial charge < -0.3 is 9.64 Å². The number of para-hydroxylation sites is 1. The minimum absolute atomic E-state index is 0.0873. The summed E-state index contributed by atoms with van der Waals surface area (Å²) in [6.45, 7) is 3.70. The Balaban J connectivity index is 2.21. The van der Waals surface area contributed by atoms with Crippen LogP contribution in [0.4, 0.5) is 0 Å². The lowest BCUT2D eigenvalue weighted by Crippen LogP contribution is -2.40. The molecule has 0 aliphatic heterocycles. The molecule has 0 bridgehead atoms. The van der Waals surface area contributed by atoms with Crippen molar-refractivity contribution in [3.8, 4) is 5.75 Å². The van der Waals surface area contributed by atoms with Gasteiger partial charge >= 0.3 is 0 Å². The molecule has 1 unspecified atom stereocenters. The number of likely N-dealkylation sites (N-methyl/N-ethyl adjacent to an activating group) is 1. The van der Waals surface area contributed by atoms with Crippen molar-refractivity contribution in [2.24, 2.45) is 0 Å². The van der Waals surface area contributed by atoms with Crippen molar-refractivity contribution in [1.82, 2.24) is 4.90 Å². The maximum absolute atomic E-state index is 12.6. The molecule has 4 nitrogen and oxygen atoms in total. The Labute approximate surface area is 136 Å². The molecule has 0 fully saturated rings. The maximum atomic E-state index is 12.6. The van der Waals surface area contributed by atoms with Gasteiger partial charge in [0.2, 0.25) is 0 Å². The third-order valence-electron chi connectivity index (χ3n) is 3.95. The fourth-order valence-electron chi connectivity index (χ4n) is 2.32. The number of hydrogen-bond donors (Lipinski definition) is 0. The van der Waals surface area contributed by atoms with Crippen molar-refractivity contribution in [2.45, 2.75) is 19.9 Å². The summed E-state index contributed by atoms with van der Waals surface area (Å²) in [5.74, 6) is 0.172. The summed E-state index contributed by atoms with van der Waals surface area (Å²) in [6.07, 6.45) is 0. The van der Waals surface area contributed by atoms with E-state index in [-0.39, 0.29) is 11.7 Å².